The molecule has 0 bridgehead atoms. The van der Waals surface area contributed by atoms with Crippen molar-refractivity contribution in [2.45, 2.75) is 43.0 Å². The van der Waals surface area contributed by atoms with Crippen LogP contribution in [0.15, 0.2) is 26.7 Å². The molecule has 0 aliphatic carbocycles. The Morgan fingerprint density at radius 2 is 2.04 bits per heavy atom. The molecule has 0 aromatic carbocycles. The number of hydrogen-bond donors (Lipinski definition) is 3. The van der Waals surface area contributed by atoms with Crippen LogP contribution >= 0.6 is 35.3 Å². The van der Waals surface area contributed by atoms with E-state index >= 15 is 0 Å². The number of thiophene rings is 1. The first-order chi connectivity index (χ1) is 11.9. The molecule has 2 rings (SSSR count). The summed E-state index contributed by atoms with van der Waals surface area (Å²) < 4.78 is 27.0. The summed E-state index contributed by atoms with van der Waals surface area (Å²) in [5, 5.41) is 8.35. The fraction of sp³-hybridized carbons (Fsp3) is 0.688. The van der Waals surface area contributed by atoms with Gasteiger partial charge in [0.05, 0.1) is 0 Å². The Labute approximate surface area is 178 Å². The number of halogens is 1. The smallest absolute Gasteiger partial charge is 0.250 e. The van der Waals surface area contributed by atoms with E-state index in [0.29, 0.717) is 29.4 Å². The van der Waals surface area contributed by atoms with Crippen molar-refractivity contribution in [1.82, 2.24) is 20.3 Å². The van der Waals surface area contributed by atoms with Crippen LogP contribution in [0, 0.1) is 0 Å². The minimum Gasteiger partial charge on any atom is -0.355 e. The van der Waals surface area contributed by atoms with Crippen molar-refractivity contribution in [3.05, 3.63) is 17.5 Å². The highest BCUT2D eigenvalue weighted by Crippen LogP contribution is 2.15. The van der Waals surface area contributed by atoms with E-state index in [4.69, 9.17) is 0 Å². The van der Waals surface area contributed by atoms with Gasteiger partial charge in [-0.3, -0.25) is 4.99 Å². The van der Waals surface area contributed by atoms with Gasteiger partial charge in [-0.1, -0.05) is 6.07 Å². The lowest BCUT2D eigenvalue weighted by Gasteiger charge is -2.35. The van der Waals surface area contributed by atoms with Crippen molar-refractivity contribution in [2.75, 3.05) is 33.2 Å². The minimum atomic E-state index is -3.40. The lowest BCUT2D eigenvalue weighted by molar-refractivity contribution is 0.167. The number of sulfonamides is 1. The molecule has 10 heteroatoms. The summed E-state index contributed by atoms with van der Waals surface area (Å²) in [6, 6.07) is 4.33. The van der Waals surface area contributed by atoms with Gasteiger partial charge in [0.25, 0.3) is 0 Å². The topological polar surface area (TPSA) is 85.8 Å². The van der Waals surface area contributed by atoms with Gasteiger partial charge in [0, 0.05) is 45.3 Å². The SMILES string of the molecule is CN=C(NCCNS(=O)(=O)c1cccs1)NC1CCN(C(C)C)CC1.I. The number of aliphatic imine (C=N–C) groups is 1. The van der Waals surface area contributed by atoms with Crippen molar-refractivity contribution in [3.63, 3.8) is 0 Å². The standard InChI is InChI=1S/C16H29N5O2S2.HI/c1-13(2)21-10-6-14(7-11-21)20-16(17-3)18-8-9-19-25(22,23)15-5-4-12-24-15;/h4-5,12-14,19H,6-11H2,1-3H3,(H2,17,18,20);1H. The molecule has 1 aromatic heterocycles. The van der Waals surface area contributed by atoms with E-state index in [1.165, 1.54) is 11.3 Å². The summed E-state index contributed by atoms with van der Waals surface area (Å²) in [6.45, 7) is 7.43. The van der Waals surface area contributed by atoms with E-state index in [1.807, 2.05) is 0 Å². The van der Waals surface area contributed by atoms with E-state index in [9.17, 15) is 8.42 Å². The minimum absolute atomic E-state index is 0. The van der Waals surface area contributed by atoms with Gasteiger partial charge in [0.1, 0.15) is 4.21 Å². The van der Waals surface area contributed by atoms with E-state index in [-0.39, 0.29) is 24.0 Å². The number of nitrogens with one attached hydrogen (secondary N) is 3. The van der Waals surface area contributed by atoms with Gasteiger partial charge in [0.15, 0.2) is 5.96 Å². The molecule has 1 aromatic rings. The summed E-state index contributed by atoms with van der Waals surface area (Å²) in [6.07, 6.45) is 2.17. The van der Waals surface area contributed by atoms with Crippen LogP contribution in [0.5, 0.6) is 0 Å². The lowest BCUT2D eigenvalue weighted by Crippen LogP contribution is -2.50. The van der Waals surface area contributed by atoms with Gasteiger partial charge in [-0.25, -0.2) is 13.1 Å². The van der Waals surface area contributed by atoms with Gasteiger partial charge in [-0.15, -0.1) is 35.3 Å². The number of guanidine groups is 1. The second-order valence-corrected chi connectivity index (χ2v) is 9.32. The predicted molar refractivity (Wildman–Crippen MR) is 119 cm³/mol. The Morgan fingerprint density at radius 3 is 2.58 bits per heavy atom. The highest BCUT2D eigenvalue weighted by molar-refractivity contribution is 14.0. The molecule has 1 aliphatic heterocycles. The number of nitrogens with zero attached hydrogens (tertiary/aromatic N) is 2. The quantitative estimate of drug-likeness (QED) is 0.223. The second kappa shape index (κ2) is 11.4. The lowest BCUT2D eigenvalue weighted by atomic mass is 10.0. The summed E-state index contributed by atoms with van der Waals surface area (Å²) >= 11 is 1.21. The molecule has 150 valence electrons. The molecule has 0 radical (unpaired) electrons. The molecule has 0 spiro atoms. The zero-order valence-corrected chi connectivity index (χ0v) is 19.5. The molecular weight excluding hydrogens is 485 g/mol. The van der Waals surface area contributed by atoms with Crippen molar-refractivity contribution in [1.29, 1.82) is 0 Å². The van der Waals surface area contributed by atoms with Crippen LogP contribution in [-0.4, -0.2) is 64.6 Å². The Kier molecular flexibility index (Phi) is 10.4. The zero-order valence-electron chi connectivity index (χ0n) is 15.6. The average molecular weight is 515 g/mol. The van der Waals surface area contributed by atoms with Crippen molar-refractivity contribution in [2.24, 2.45) is 4.99 Å². The van der Waals surface area contributed by atoms with E-state index in [2.05, 4.69) is 39.1 Å². The fourth-order valence-electron chi connectivity index (χ4n) is 2.80. The molecule has 1 saturated heterocycles. The summed E-state index contributed by atoms with van der Waals surface area (Å²) in [7, 11) is -1.67. The highest BCUT2D eigenvalue weighted by Gasteiger charge is 2.21. The van der Waals surface area contributed by atoms with E-state index < -0.39 is 10.0 Å². The van der Waals surface area contributed by atoms with Crippen LogP contribution in [0.2, 0.25) is 0 Å². The molecular formula is C16H30IN5O2S2. The first-order valence-corrected chi connectivity index (χ1v) is 11.0. The third-order valence-electron chi connectivity index (χ3n) is 4.29. The van der Waals surface area contributed by atoms with Gasteiger partial charge >= 0.3 is 0 Å². The van der Waals surface area contributed by atoms with Crippen molar-refractivity contribution < 1.29 is 8.42 Å². The number of piperidine rings is 1. The first-order valence-electron chi connectivity index (χ1n) is 8.67. The molecule has 3 N–H and O–H groups in total. The predicted octanol–water partition coefficient (Wildman–Crippen LogP) is 1.68. The molecule has 0 unspecified atom stereocenters. The van der Waals surface area contributed by atoms with Crippen LogP contribution in [0.1, 0.15) is 26.7 Å². The van der Waals surface area contributed by atoms with Gasteiger partial charge in [0.2, 0.25) is 10.0 Å². The Hall–Kier alpha value is -0.430. The molecule has 26 heavy (non-hydrogen) atoms. The fourth-order valence-corrected chi connectivity index (χ4v) is 4.87. The largest absolute Gasteiger partial charge is 0.355 e. The van der Waals surface area contributed by atoms with Crippen molar-refractivity contribution in [3.8, 4) is 0 Å². The Bertz CT molecular complexity index is 642. The summed E-state index contributed by atoms with van der Waals surface area (Å²) in [4.78, 5) is 6.71. The molecule has 0 atom stereocenters. The Morgan fingerprint density at radius 1 is 1.35 bits per heavy atom. The molecule has 0 saturated carbocycles. The van der Waals surface area contributed by atoms with Gasteiger partial charge in [-0.05, 0) is 38.1 Å². The maximum Gasteiger partial charge on any atom is 0.250 e. The van der Waals surface area contributed by atoms with Gasteiger partial charge in [-0.2, -0.15) is 0 Å². The average Bonchev–Trinajstić information content (AvgIpc) is 3.13. The van der Waals surface area contributed by atoms with Gasteiger partial charge < -0.3 is 15.5 Å². The van der Waals surface area contributed by atoms with Crippen LogP contribution < -0.4 is 15.4 Å². The summed E-state index contributed by atoms with van der Waals surface area (Å²) in [5.41, 5.74) is 0. The second-order valence-electron chi connectivity index (χ2n) is 6.38. The normalized spacial score (nSPS) is 17.2. The van der Waals surface area contributed by atoms with Crippen molar-refractivity contribution >= 4 is 51.3 Å². The third kappa shape index (κ3) is 7.29. The van der Waals surface area contributed by atoms with Crippen LogP contribution in [0.3, 0.4) is 0 Å². The maximum absolute atomic E-state index is 12.0. The number of rotatable bonds is 7. The maximum atomic E-state index is 12.0. The third-order valence-corrected chi connectivity index (χ3v) is 7.15. The van der Waals surface area contributed by atoms with Crippen LogP contribution in [0.25, 0.3) is 0 Å². The van der Waals surface area contributed by atoms with E-state index in [0.717, 1.165) is 31.9 Å². The van der Waals surface area contributed by atoms with E-state index in [1.54, 1.807) is 24.6 Å². The zero-order chi connectivity index (χ0) is 18.3. The number of hydrogen-bond acceptors (Lipinski definition) is 5. The molecule has 2 heterocycles. The molecule has 7 nitrogen and oxygen atoms in total. The first kappa shape index (κ1) is 23.6. The number of likely N-dealkylation sites (tertiary alicyclic amines) is 1. The van der Waals surface area contributed by atoms with Crippen LogP contribution in [0.4, 0.5) is 0 Å². The monoisotopic (exact) mass is 515 g/mol. The molecule has 1 fully saturated rings. The molecule has 1 aliphatic rings. The highest BCUT2D eigenvalue weighted by atomic mass is 127. The molecule has 0 amide bonds. The Balaban J connectivity index is 0.00000338. The van der Waals surface area contributed by atoms with Crippen LogP contribution in [-0.2, 0) is 10.0 Å². The summed E-state index contributed by atoms with van der Waals surface area (Å²) in [5.74, 6) is 0.721.